The van der Waals surface area contributed by atoms with Crippen LogP contribution in [0.15, 0.2) is 35.3 Å². The number of aromatic nitrogens is 2. The largest absolute Gasteiger partial charge is 0.341 e. The van der Waals surface area contributed by atoms with Crippen molar-refractivity contribution in [2.45, 2.75) is 25.8 Å². The maximum absolute atomic E-state index is 12.2. The lowest BCUT2D eigenvalue weighted by Crippen LogP contribution is -2.34. The molecule has 1 fully saturated rings. The summed E-state index contributed by atoms with van der Waals surface area (Å²) in [4.78, 5) is 44.6. The number of likely N-dealkylation sites (tertiary alicyclic amines) is 1. The van der Waals surface area contributed by atoms with E-state index in [4.69, 9.17) is 5.73 Å². The molecular weight excluding hydrogens is 348 g/mol. The standard InChI is InChI=1S/C18H22N6O3/c1-11-4-2-3-5-14(11)21-18(27)23-17-20-9-12(16(26)22-17)8-15(25)24-7-6-13(19)10-24/h2-5,9,13H,6-8,10,19H2,1H3,(H3,20,21,22,23,26,27)/t13-/m1/s1. The lowest BCUT2D eigenvalue weighted by Gasteiger charge is -2.15. The summed E-state index contributed by atoms with van der Waals surface area (Å²) in [5.41, 5.74) is 7.04. The number of nitrogens with two attached hydrogens (primary N) is 1. The first-order chi connectivity index (χ1) is 12.9. The third-order valence-corrected chi connectivity index (χ3v) is 4.42. The Kier molecular flexibility index (Phi) is 5.51. The molecule has 2 aromatic rings. The molecule has 1 saturated heterocycles. The Labute approximate surface area is 156 Å². The van der Waals surface area contributed by atoms with Gasteiger partial charge in [0, 0.05) is 36.6 Å². The fourth-order valence-electron chi connectivity index (χ4n) is 2.88. The van der Waals surface area contributed by atoms with Gasteiger partial charge in [-0.3, -0.25) is 14.9 Å². The second-order valence-electron chi connectivity index (χ2n) is 6.54. The van der Waals surface area contributed by atoms with Crippen molar-refractivity contribution in [2.24, 2.45) is 5.73 Å². The van der Waals surface area contributed by atoms with Gasteiger partial charge in [-0.1, -0.05) is 18.2 Å². The first-order valence-corrected chi connectivity index (χ1v) is 8.68. The molecule has 3 amide bonds. The van der Waals surface area contributed by atoms with Crippen molar-refractivity contribution in [3.05, 3.63) is 51.9 Å². The topological polar surface area (TPSA) is 133 Å². The number of aryl methyl sites for hydroxylation is 1. The van der Waals surface area contributed by atoms with E-state index in [0.29, 0.717) is 18.8 Å². The summed E-state index contributed by atoms with van der Waals surface area (Å²) in [6.45, 7) is 2.97. The second-order valence-corrected chi connectivity index (χ2v) is 6.54. The maximum Gasteiger partial charge on any atom is 0.326 e. The van der Waals surface area contributed by atoms with E-state index in [1.54, 1.807) is 11.0 Å². The monoisotopic (exact) mass is 370 g/mol. The number of carbonyl (C=O) groups excluding carboxylic acids is 2. The maximum atomic E-state index is 12.2. The fourth-order valence-corrected chi connectivity index (χ4v) is 2.88. The zero-order valence-electron chi connectivity index (χ0n) is 15.0. The van der Waals surface area contributed by atoms with Crippen molar-refractivity contribution in [1.29, 1.82) is 0 Å². The highest BCUT2D eigenvalue weighted by Gasteiger charge is 2.24. The van der Waals surface area contributed by atoms with Gasteiger partial charge in [0.2, 0.25) is 11.9 Å². The number of carbonyl (C=O) groups is 2. The van der Waals surface area contributed by atoms with Crippen LogP contribution >= 0.6 is 0 Å². The number of hydrogen-bond acceptors (Lipinski definition) is 5. The van der Waals surface area contributed by atoms with Crippen LogP contribution in [0.5, 0.6) is 0 Å². The summed E-state index contributed by atoms with van der Waals surface area (Å²) in [5.74, 6) is -0.154. The summed E-state index contributed by atoms with van der Waals surface area (Å²) in [5, 5.41) is 5.15. The van der Waals surface area contributed by atoms with Gasteiger partial charge in [0.25, 0.3) is 5.56 Å². The molecule has 142 valence electrons. The van der Waals surface area contributed by atoms with E-state index in [1.807, 2.05) is 25.1 Å². The fraction of sp³-hybridized carbons (Fsp3) is 0.333. The van der Waals surface area contributed by atoms with Crippen molar-refractivity contribution in [1.82, 2.24) is 14.9 Å². The van der Waals surface area contributed by atoms with Gasteiger partial charge in [0.1, 0.15) is 0 Å². The van der Waals surface area contributed by atoms with Crippen molar-refractivity contribution in [2.75, 3.05) is 23.7 Å². The van der Waals surface area contributed by atoms with Crippen LogP contribution in [0.2, 0.25) is 0 Å². The molecule has 27 heavy (non-hydrogen) atoms. The Bertz CT molecular complexity index is 910. The van der Waals surface area contributed by atoms with Gasteiger partial charge in [0.05, 0.1) is 6.42 Å². The predicted octanol–water partition coefficient (Wildman–Crippen LogP) is 0.824. The average molecular weight is 370 g/mol. The summed E-state index contributed by atoms with van der Waals surface area (Å²) in [6, 6.07) is 6.78. The Morgan fingerprint density at radius 1 is 1.33 bits per heavy atom. The molecule has 2 heterocycles. The van der Waals surface area contributed by atoms with E-state index >= 15 is 0 Å². The van der Waals surface area contributed by atoms with Crippen LogP contribution in [0, 0.1) is 6.92 Å². The number of nitrogens with zero attached hydrogens (tertiary/aromatic N) is 2. The number of aromatic amines is 1. The van der Waals surface area contributed by atoms with Gasteiger partial charge in [-0.2, -0.15) is 4.98 Å². The highest BCUT2D eigenvalue weighted by Crippen LogP contribution is 2.13. The Morgan fingerprint density at radius 3 is 2.78 bits per heavy atom. The smallest absolute Gasteiger partial charge is 0.326 e. The normalized spacial score (nSPS) is 16.2. The molecule has 1 aromatic carbocycles. The van der Waals surface area contributed by atoms with Crippen LogP contribution in [0.25, 0.3) is 0 Å². The van der Waals surface area contributed by atoms with Crippen LogP contribution in [-0.2, 0) is 11.2 Å². The minimum atomic E-state index is -0.559. The van der Waals surface area contributed by atoms with Gasteiger partial charge >= 0.3 is 6.03 Å². The molecule has 3 rings (SSSR count). The summed E-state index contributed by atoms with van der Waals surface area (Å²) in [7, 11) is 0. The second kappa shape index (κ2) is 8.00. The van der Waals surface area contributed by atoms with E-state index in [2.05, 4.69) is 20.6 Å². The van der Waals surface area contributed by atoms with E-state index < -0.39 is 11.6 Å². The number of H-pyrrole nitrogens is 1. The van der Waals surface area contributed by atoms with E-state index in [0.717, 1.165) is 12.0 Å². The molecule has 1 aromatic heterocycles. The SMILES string of the molecule is Cc1ccccc1NC(=O)Nc1nc(=O)c(CC(=O)N2CC[C@@H](N)C2)c[nH]1. The molecule has 9 heteroatoms. The molecule has 0 saturated carbocycles. The first kappa shape index (κ1) is 18.6. The number of anilines is 2. The van der Waals surface area contributed by atoms with Crippen molar-refractivity contribution in [3.8, 4) is 0 Å². The quantitative estimate of drug-likeness (QED) is 0.632. The Balaban J connectivity index is 1.61. The highest BCUT2D eigenvalue weighted by molar-refractivity contribution is 5.99. The minimum absolute atomic E-state index is 0.00507. The van der Waals surface area contributed by atoms with E-state index in [1.165, 1.54) is 6.20 Å². The van der Waals surface area contributed by atoms with Crippen LogP contribution in [0.3, 0.4) is 0 Å². The van der Waals surface area contributed by atoms with Crippen molar-refractivity contribution < 1.29 is 9.59 Å². The van der Waals surface area contributed by atoms with Crippen molar-refractivity contribution in [3.63, 3.8) is 0 Å². The molecule has 1 aliphatic rings. The third-order valence-electron chi connectivity index (χ3n) is 4.42. The lowest BCUT2D eigenvalue weighted by molar-refractivity contribution is -0.129. The van der Waals surface area contributed by atoms with Crippen LogP contribution in [0.1, 0.15) is 17.5 Å². The molecule has 0 aliphatic carbocycles. The zero-order valence-corrected chi connectivity index (χ0v) is 15.0. The number of urea groups is 1. The van der Waals surface area contributed by atoms with Gasteiger partial charge < -0.3 is 20.9 Å². The predicted molar refractivity (Wildman–Crippen MR) is 102 cm³/mol. The Hall–Kier alpha value is -3.20. The summed E-state index contributed by atoms with van der Waals surface area (Å²) in [6.07, 6.45) is 2.11. The van der Waals surface area contributed by atoms with Gasteiger partial charge in [-0.05, 0) is 25.0 Å². The molecule has 1 atom stereocenters. The number of benzene rings is 1. The van der Waals surface area contributed by atoms with Crippen LogP contribution in [0.4, 0.5) is 16.4 Å². The molecule has 0 unspecified atom stereocenters. The van der Waals surface area contributed by atoms with Gasteiger partial charge in [0.15, 0.2) is 0 Å². The van der Waals surface area contributed by atoms with Gasteiger partial charge in [-0.15, -0.1) is 0 Å². The Morgan fingerprint density at radius 2 is 2.11 bits per heavy atom. The molecule has 0 radical (unpaired) electrons. The molecule has 5 N–H and O–H groups in total. The van der Waals surface area contributed by atoms with Crippen LogP contribution in [-0.4, -0.2) is 45.9 Å². The molecule has 0 spiro atoms. The molecular formula is C18H22N6O3. The molecule has 1 aliphatic heterocycles. The highest BCUT2D eigenvalue weighted by atomic mass is 16.2. The van der Waals surface area contributed by atoms with E-state index in [9.17, 15) is 14.4 Å². The number of nitrogens with one attached hydrogen (secondary N) is 3. The molecule has 9 nitrogen and oxygen atoms in total. The van der Waals surface area contributed by atoms with Crippen LogP contribution < -0.4 is 21.9 Å². The minimum Gasteiger partial charge on any atom is -0.341 e. The molecule has 0 bridgehead atoms. The summed E-state index contributed by atoms with van der Waals surface area (Å²) < 4.78 is 0. The number of amides is 3. The average Bonchev–Trinajstić information content (AvgIpc) is 3.06. The third kappa shape index (κ3) is 4.70. The number of hydrogen-bond donors (Lipinski definition) is 4. The van der Waals surface area contributed by atoms with Crippen molar-refractivity contribution >= 4 is 23.6 Å². The lowest BCUT2D eigenvalue weighted by atomic mass is 10.2. The van der Waals surface area contributed by atoms with E-state index in [-0.39, 0.29) is 29.9 Å². The number of rotatable bonds is 4. The summed E-state index contributed by atoms with van der Waals surface area (Å²) >= 11 is 0. The number of para-hydroxylation sites is 1. The van der Waals surface area contributed by atoms with Gasteiger partial charge in [-0.25, -0.2) is 4.79 Å². The zero-order chi connectivity index (χ0) is 19.4. The first-order valence-electron chi connectivity index (χ1n) is 8.68.